The standard InChI is InChI=1S/C48H34N2O/c1-4-13-39(14-5-1)49(40-15-6-2-7-16-40)42-31-27-37(28-32-42)35-23-25-36(26-24-35)38-29-33-43(34-30-38)50(41-17-8-3-9-18-41)46-21-12-20-45-44-19-10-11-22-47(44)51-48(45)46/h1-34H/i27D,28D,31D,32D. The second kappa shape index (κ2) is 13.2. The van der Waals surface area contributed by atoms with Crippen molar-refractivity contribution < 1.29 is 9.90 Å². The van der Waals surface area contributed by atoms with Crippen LogP contribution in [-0.2, 0) is 0 Å². The third kappa shape index (κ3) is 5.81. The minimum Gasteiger partial charge on any atom is -0.454 e. The Morgan fingerprint density at radius 2 is 0.784 bits per heavy atom. The molecule has 242 valence electrons. The summed E-state index contributed by atoms with van der Waals surface area (Å²) in [6.07, 6.45) is 0. The molecule has 0 aliphatic heterocycles. The van der Waals surface area contributed by atoms with Crippen molar-refractivity contribution in [1.82, 2.24) is 0 Å². The van der Waals surface area contributed by atoms with Crippen LogP contribution in [0.5, 0.6) is 0 Å². The van der Waals surface area contributed by atoms with E-state index in [0.29, 0.717) is 5.56 Å². The monoisotopic (exact) mass is 658 g/mol. The molecule has 0 saturated carbocycles. The van der Waals surface area contributed by atoms with E-state index in [4.69, 9.17) is 9.90 Å². The normalized spacial score (nSPS) is 12.2. The molecule has 3 nitrogen and oxygen atoms in total. The van der Waals surface area contributed by atoms with Gasteiger partial charge in [-0.25, -0.2) is 0 Å². The molecule has 8 aromatic carbocycles. The molecule has 0 amide bonds. The first-order valence-electron chi connectivity index (χ1n) is 18.9. The highest BCUT2D eigenvalue weighted by Crippen LogP contribution is 2.42. The van der Waals surface area contributed by atoms with Gasteiger partial charge in [-0.3, -0.25) is 0 Å². The van der Waals surface area contributed by atoms with E-state index < -0.39 is 0 Å². The Balaban J connectivity index is 1.06. The third-order valence-corrected chi connectivity index (χ3v) is 9.14. The SMILES string of the molecule is [2H]c1c([2H])c(N(c2ccccc2)c2ccccc2)c([2H])c([2H])c1-c1ccc(-c2ccc(N(c3ccccc3)c3cccc4c3oc3ccccc34)cc2)cc1. The van der Waals surface area contributed by atoms with Crippen molar-refractivity contribution in [3.8, 4) is 22.3 Å². The second-order valence-corrected chi connectivity index (χ2v) is 12.3. The fourth-order valence-corrected chi connectivity index (χ4v) is 6.67. The van der Waals surface area contributed by atoms with Crippen molar-refractivity contribution >= 4 is 56.1 Å². The van der Waals surface area contributed by atoms with Crippen molar-refractivity contribution in [2.24, 2.45) is 0 Å². The summed E-state index contributed by atoms with van der Waals surface area (Å²) in [5.41, 5.74) is 9.14. The van der Waals surface area contributed by atoms with E-state index in [2.05, 4.69) is 65.6 Å². The van der Waals surface area contributed by atoms with Gasteiger partial charge < -0.3 is 14.2 Å². The maximum absolute atomic E-state index is 9.14. The highest BCUT2D eigenvalue weighted by atomic mass is 16.3. The molecule has 9 aromatic rings. The molecule has 0 aliphatic rings. The summed E-state index contributed by atoms with van der Waals surface area (Å²) in [4.78, 5) is 3.99. The Morgan fingerprint density at radius 3 is 1.37 bits per heavy atom. The maximum Gasteiger partial charge on any atom is 0.159 e. The smallest absolute Gasteiger partial charge is 0.159 e. The molecule has 3 heteroatoms. The number of anilines is 6. The summed E-state index contributed by atoms with van der Waals surface area (Å²) < 4.78 is 42.9. The zero-order chi connectivity index (χ0) is 37.5. The lowest BCUT2D eigenvalue weighted by Crippen LogP contribution is -2.10. The molecule has 0 N–H and O–H groups in total. The molecule has 1 aromatic heterocycles. The lowest BCUT2D eigenvalue weighted by molar-refractivity contribution is 0.669. The quantitative estimate of drug-likeness (QED) is 0.162. The van der Waals surface area contributed by atoms with E-state index in [0.717, 1.165) is 61.5 Å². The summed E-state index contributed by atoms with van der Waals surface area (Å²) in [6.45, 7) is 0. The van der Waals surface area contributed by atoms with Gasteiger partial charge in [0.2, 0.25) is 0 Å². The largest absolute Gasteiger partial charge is 0.454 e. The Labute approximate surface area is 303 Å². The minimum atomic E-state index is -0.107. The van der Waals surface area contributed by atoms with Crippen molar-refractivity contribution in [2.75, 3.05) is 9.80 Å². The predicted octanol–water partition coefficient (Wildman–Crippen LogP) is 13.9. The van der Waals surface area contributed by atoms with Crippen molar-refractivity contribution in [3.05, 3.63) is 206 Å². The minimum absolute atomic E-state index is 0.0922. The third-order valence-electron chi connectivity index (χ3n) is 9.14. The molecular formula is C48H34N2O. The summed E-state index contributed by atoms with van der Waals surface area (Å²) in [5, 5.41) is 2.14. The van der Waals surface area contributed by atoms with Gasteiger partial charge in [-0.1, -0.05) is 133 Å². The van der Waals surface area contributed by atoms with E-state index in [1.54, 1.807) is 4.90 Å². The molecule has 0 saturated heterocycles. The van der Waals surface area contributed by atoms with E-state index in [1.807, 2.05) is 121 Å². The molecule has 1 heterocycles. The van der Waals surface area contributed by atoms with Gasteiger partial charge in [0.25, 0.3) is 0 Å². The lowest BCUT2D eigenvalue weighted by Gasteiger charge is -2.25. The average molecular weight is 659 g/mol. The fourth-order valence-electron chi connectivity index (χ4n) is 6.67. The Kier molecular flexibility index (Phi) is 6.76. The molecule has 0 atom stereocenters. The Hall–Kier alpha value is -6.84. The summed E-state index contributed by atoms with van der Waals surface area (Å²) in [6, 6.07) is 59.3. The van der Waals surface area contributed by atoms with Crippen LogP contribution < -0.4 is 9.80 Å². The molecule has 0 spiro atoms. The molecule has 0 bridgehead atoms. The van der Waals surface area contributed by atoms with Crippen LogP contribution in [0.3, 0.4) is 0 Å². The highest BCUT2D eigenvalue weighted by molar-refractivity contribution is 6.10. The van der Waals surface area contributed by atoms with E-state index in [9.17, 15) is 0 Å². The molecule has 51 heavy (non-hydrogen) atoms. The predicted molar refractivity (Wildman–Crippen MR) is 214 cm³/mol. The Morgan fingerprint density at radius 1 is 0.333 bits per heavy atom. The van der Waals surface area contributed by atoms with Gasteiger partial charge in [0.15, 0.2) is 5.58 Å². The van der Waals surface area contributed by atoms with E-state index in [-0.39, 0.29) is 35.4 Å². The molecule has 9 rings (SSSR count). The number of rotatable bonds is 8. The maximum atomic E-state index is 9.14. The second-order valence-electron chi connectivity index (χ2n) is 12.3. The van der Waals surface area contributed by atoms with Crippen LogP contribution in [-0.4, -0.2) is 0 Å². The Bertz CT molecular complexity index is 2720. The number of fused-ring (bicyclic) bond motifs is 3. The van der Waals surface area contributed by atoms with Crippen LogP contribution in [0.1, 0.15) is 5.48 Å². The van der Waals surface area contributed by atoms with Crippen molar-refractivity contribution in [2.45, 2.75) is 0 Å². The average Bonchev–Trinajstić information content (AvgIpc) is 3.63. The zero-order valence-corrected chi connectivity index (χ0v) is 27.6. The highest BCUT2D eigenvalue weighted by Gasteiger charge is 2.19. The molecule has 0 fully saturated rings. The van der Waals surface area contributed by atoms with Crippen LogP contribution in [0.2, 0.25) is 0 Å². The van der Waals surface area contributed by atoms with Crippen LogP contribution in [0.4, 0.5) is 34.1 Å². The molecular weight excluding hydrogens is 621 g/mol. The summed E-state index contributed by atoms with van der Waals surface area (Å²) >= 11 is 0. The summed E-state index contributed by atoms with van der Waals surface area (Å²) in [7, 11) is 0. The number of furan rings is 1. The van der Waals surface area contributed by atoms with Crippen molar-refractivity contribution in [1.29, 1.82) is 0 Å². The van der Waals surface area contributed by atoms with E-state index in [1.165, 1.54) is 0 Å². The van der Waals surface area contributed by atoms with Gasteiger partial charge in [-0.15, -0.1) is 0 Å². The van der Waals surface area contributed by atoms with Crippen LogP contribution >= 0.6 is 0 Å². The molecule has 0 aliphatic carbocycles. The number of hydrogen-bond donors (Lipinski definition) is 0. The first-order valence-corrected chi connectivity index (χ1v) is 16.9. The van der Waals surface area contributed by atoms with Gasteiger partial charge in [-0.2, -0.15) is 0 Å². The van der Waals surface area contributed by atoms with E-state index >= 15 is 0 Å². The number of nitrogens with zero attached hydrogens (tertiary/aromatic N) is 2. The van der Waals surface area contributed by atoms with Gasteiger partial charge in [0.1, 0.15) is 5.58 Å². The number of hydrogen-bond acceptors (Lipinski definition) is 3. The molecule has 0 unspecified atom stereocenters. The molecule has 0 radical (unpaired) electrons. The number of para-hydroxylation sites is 5. The summed E-state index contributed by atoms with van der Waals surface area (Å²) in [5.74, 6) is 0. The van der Waals surface area contributed by atoms with Gasteiger partial charge in [0, 0.05) is 39.2 Å². The van der Waals surface area contributed by atoms with Crippen LogP contribution in [0.15, 0.2) is 211 Å². The van der Waals surface area contributed by atoms with Gasteiger partial charge >= 0.3 is 0 Å². The zero-order valence-electron chi connectivity index (χ0n) is 31.6. The van der Waals surface area contributed by atoms with Gasteiger partial charge in [0.05, 0.1) is 11.2 Å². The number of benzene rings is 8. The van der Waals surface area contributed by atoms with Crippen molar-refractivity contribution in [3.63, 3.8) is 0 Å². The lowest BCUT2D eigenvalue weighted by atomic mass is 9.99. The fraction of sp³-hybridized carbons (Fsp3) is 0. The van der Waals surface area contributed by atoms with Crippen LogP contribution in [0.25, 0.3) is 44.2 Å². The van der Waals surface area contributed by atoms with Gasteiger partial charge in [-0.05, 0) is 95.0 Å². The van der Waals surface area contributed by atoms with Crippen LogP contribution in [0, 0.1) is 0 Å². The first-order chi connectivity index (χ1) is 27.0. The topological polar surface area (TPSA) is 19.6 Å². The first kappa shape index (κ1) is 26.1.